The van der Waals surface area contributed by atoms with Crippen LogP contribution in [0.25, 0.3) is 0 Å². The number of nitrogens with zero attached hydrogens (tertiary/aromatic N) is 2. The Kier molecular flexibility index (Phi) is 4.54. The SMILES string of the molecule is CCN(c1cccc(F)c1)c1sc([C@@H](C)O)cc1[N+](=O)[O-]. The van der Waals surface area contributed by atoms with Crippen LogP contribution in [-0.2, 0) is 0 Å². The smallest absolute Gasteiger partial charge is 0.304 e. The van der Waals surface area contributed by atoms with E-state index in [1.165, 1.54) is 18.2 Å². The van der Waals surface area contributed by atoms with E-state index in [4.69, 9.17) is 0 Å². The maximum Gasteiger partial charge on any atom is 0.304 e. The van der Waals surface area contributed by atoms with Gasteiger partial charge in [-0.3, -0.25) is 10.1 Å². The van der Waals surface area contributed by atoms with Crippen molar-refractivity contribution in [2.75, 3.05) is 11.4 Å². The lowest BCUT2D eigenvalue weighted by Crippen LogP contribution is -2.15. The van der Waals surface area contributed by atoms with E-state index in [2.05, 4.69) is 0 Å². The fraction of sp³-hybridized carbons (Fsp3) is 0.286. The van der Waals surface area contributed by atoms with Gasteiger partial charge < -0.3 is 10.0 Å². The van der Waals surface area contributed by atoms with E-state index >= 15 is 0 Å². The number of hydrogen-bond donors (Lipinski definition) is 1. The van der Waals surface area contributed by atoms with E-state index in [9.17, 15) is 19.6 Å². The average molecular weight is 310 g/mol. The van der Waals surface area contributed by atoms with Gasteiger partial charge in [-0.2, -0.15) is 0 Å². The molecular formula is C14H15FN2O3S. The second kappa shape index (κ2) is 6.19. The summed E-state index contributed by atoms with van der Waals surface area (Å²) in [6.07, 6.45) is -0.784. The Balaban J connectivity index is 2.53. The van der Waals surface area contributed by atoms with Crippen LogP contribution in [0.1, 0.15) is 24.8 Å². The molecule has 1 aromatic heterocycles. The van der Waals surface area contributed by atoms with Crippen molar-refractivity contribution in [2.24, 2.45) is 0 Å². The van der Waals surface area contributed by atoms with Gasteiger partial charge in [-0.15, -0.1) is 11.3 Å². The summed E-state index contributed by atoms with van der Waals surface area (Å²) < 4.78 is 13.4. The highest BCUT2D eigenvalue weighted by Gasteiger charge is 2.25. The van der Waals surface area contributed by atoms with Crippen molar-refractivity contribution in [2.45, 2.75) is 20.0 Å². The molecule has 5 nitrogen and oxygen atoms in total. The molecule has 21 heavy (non-hydrogen) atoms. The fourth-order valence-electron chi connectivity index (χ4n) is 2.01. The molecule has 0 radical (unpaired) electrons. The molecule has 0 saturated carbocycles. The highest BCUT2D eigenvalue weighted by molar-refractivity contribution is 7.16. The zero-order valence-electron chi connectivity index (χ0n) is 11.6. The first-order chi connectivity index (χ1) is 9.93. The van der Waals surface area contributed by atoms with Crippen LogP contribution >= 0.6 is 11.3 Å². The molecule has 7 heteroatoms. The number of benzene rings is 1. The van der Waals surface area contributed by atoms with Gasteiger partial charge in [0, 0.05) is 23.2 Å². The van der Waals surface area contributed by atoms with Crippen molar-refractivity contribution in [1.82, 2.24) is 0 Å². The molecule has 0 saturated heterocycles. The number of halogens is 1. The largest absolute Gasteiger partial charge is 0.388 e. The summed E-state index contributed by atoms with van der Waals surface area (Å²) in [6, 6.07) is 7.27. The topological polar surface area (TPSA) is 66.6 Å². The molecule has 1 atom stereocenters. The van der Waals surface area contributed by atoms with Gasteiger partial charge in [-0.1, -0.05) is 6.07 Å². The third-order valence-corrected chi connectivity index (χ3v) is 4.32. The highest BCUT2D eigenvalue weighted by Crippen LogP contribution is 2.42. The van der Waals surface area contributed by atoms with Crippen LogP contribution in [0.2, 0.25) is 0 Å². The van der Waals surface area contributed by atoms with E-state index < -0.39 is 16.8 Å². The molecular weight excluding hydrogens is 295 g/mol. The average Bonchev–Trinajstić information content (AvgIpc) is 2.85. The number of aliphatic hydroxyl groups is 1. The Labute approximate surface area is 125 Å². The van der Waals surface area contributed by atoms with Crippen LogP contribution < -0.4 is 4.90 Å². The van der Waals surface area contributed by atoms with Crippen molar-refractivity contribution < 1.29 is 14.4 Å². The van der Waals surface area contributed by atoms with Crippen molar-refractivity contribution in [1.29, 1.82) is 0 Å². The number of anilines is 2. The van der Waals surface area contributed by atoms with Crippen LogP contribution in [0.15, 0.2) is 30.3 Å². The zero-order chi connectivity index (χ0) is 15.6. The maximum atomic E-state index is 13.4. The summed E-state index contributed by atoms with van der Waals surface area (Å²) in [5.41, 5.74) is 0.460. The van der Waals surface area contributed by atoms with E-state index in [-0.39, 0.29) is 5.69 Å². The predicted octanol–water partition coefficient (Wildman–Crippen LogP) is 4.01. The summed E-state index contributed by atoms with van der Waals surface area (Å²) >= 11 is 1.14. The second-order valence-electron chi connectivity index (χ2n) is 4.50. The quantitative estimate of drug-likeness (QED) is 0.669. The minimum absolute atomic E-state index is 0.0815. The number of nitro groups is 1. The van der Waals surface area contributed by atoms with Gasteiger partial charge in [0.1, 0.15) is 5.82 Å². The molecule has 1 heterocycles. The van der Waals surface area contributed by atoms with Crippen molar-refractivity contribution >= 4 is 27.7 Å². The molecule has 0 bridgehead atoms. The summed E-state index contributed by atoms with van der Waals surface area (Å²) in [5.74, 6) is -0.402. The first-order valence-corrected chi connectivity index (χ1v) is 7.25. The van der Waals surface area contributed by atoms with Gasteiger partial charge in [0.25, 0.3) is 0 Å². The third kappa shape index (κ3) is 3.20. The van der Waals surface area contributed by atoms with Crippen LogP contribution in [0, 0.1) is 15.9 Å². The molecule has 0 aliphatic heterocycles. The monoisotopic (exact) mass is 310 g/mol. The Morgan fingerprint density at radius 2 is 2.19 bits per heavy atom. The van der Waals surface area contributed by atoms with Gasteiger partial charge in [-0.25, -0.2) is 4.39 Å². The fourth-order valence-corrected chi connectivity index (χ4v) is 3.15. The van der Waals surface area contributed by atoms with Crippen molar-refractivity contribution in [3.05, 3.63) is 51.1 Å². The van der Waals surface area contributed by atoms with Gasteiger partial charge in [0.15, 0.2) is 5.00 Å². The standard InChI is InChI=1S/C14H15FN2O3S/c1-3-16(11-6-4-5-10(15)7-11)14-12(17(19)20)8-13(21-14)9(2)18/h4-9,18H,3H2,1-2H3/t9-/m1/s1. The Morgan fingerprint density at radius 1 is 1.48 bits per heavy atom. The predicted molar refractivity (Wildman–Crippen MR) is 80.7 cm³/mol. The summed E-state index contributed by atoms with van der Waals surface area (Å²) in [6.45, 7) is 3.83. The van der Waals surface area contributed by atoms with Crippen LogP contribution in [0.3, 0.4) is 0 Å². The summed E-state index contributed by atoms with van der Waals surface area (Å²) in [4.78, 5) is 12.9. The molecule has 0 fully saturated rings. The molecule has 2 rings (SSSR count). The Hall–Kier alpha value is -1.99. The zero-order valence-corrected chi connectivity index (χ0v) is 12.4. The minimum Gasteiger partial charge on any atom is -0.388 e. The minimum atomic E-state index is -0.784. The van der Waals surface area contributed by atoms with Crippen LogP contribution in [0.4, 0.5) is 20.8 Å². The molecule has 1 N–H and O–H groups in total. The van der Waals surface area contributed by atoms with E-state index in [1.807, 2.05) is 6.92 Å². The first kappa shape index (κ1) is 15.4. The molecule has 2 aromatic rings. The summed E-state index contributed by atoms with van der Waals surface area (Å²) in [5, 5.41) is 21.2. The van der Waals surface area contributed by atoms with Gasteiger partial charge in [-0.05, 0) is 32.0 Å². The van der Waals surface area contributed by atoms with E-state index in [1.54, 1.807) is 24.0 Å². The lowest BCUT2D eigenvalue weighted by molar-refractivity contribution is -0.383. The van der Waals surface area contributed by atoms with Crippen LogP contribution in [-0.4, -0.2) is 16.6 Å². The number of rotatable bonds is 5. The molecule has 0 unspecified atom stereocenters. The van der Waals surface area contributed by atoms with Gasteiger partial charge in [0.05, 0.1) is 11.0 Å². The second-order valence-corrected chi connectivity index (χ2v) is 5.56. The van der Waals surface area contributed by atoms with Crippen molar-refractivity contribution in [3.8, 4) is 0 Å². The highest BCUT2D eigenvalue weighted by atomic mass is 32.1. The van der Waals surface area contributed by atoms with E-state index in [0.29, 0.717) is 22.1 Å². The molecule has 0 aliphatic carbocycles. The van der Waals surface area contributed by atoms with Gasteiger partial charge in [0.2, 0.25) is 0 Å². The molecule has 0 aliphatic rings. The maximum absolute atomic E-state index is 13.4. The number of hydrogen-bond acceptors (Lipinski definition) is 5. The van der Waals surface area contributed by atoms with E-state index in [0.717, 1.165) is 11.3 Å². The van der Waals surface area contributed by atoms with Gasteiger partial charge >= 0.3 is 5.69 Å². The normalized spacial score (nSPS) is 12.2. The molecule has 112 valence electrons. The summed E-state index contributed by atoms with van der Waals surface area (Å²) in [7, 11) is 0. The first-order valence-electron chi connectivity index (χ1n) is 6.43. The third-order valence-electron chi connectivity index (χ3n) is 3.00. The number of aliphatic hydroxyl groups excluding tert-OH is 1. The lowest BCUT2D eigenvalue weighted by Gasteiger charge is -2.20. The Morgan fingerprint density at radius 3 is 2.71 bits per heavy atom. The lowest BCUT2D eigenvalue weighted by atomic mass is 10.2. The molecule has 0 amide bonds. The van der Waals surface area contributed by atoms with Crippen LogP contribution in [0.5, 0.6) is 0 Å². The molecule has 1 aromatic carbocycles. The number of thiophene rings is 1. The Bertz CT molecular complexity index is 657. The molecule has 0 spiro atoms. The van der Waals surface area contributed by atoms with Crippen molar-refractivity contribution in [3.63, 3.8) is 0 Å².